The molecule has 0 N–H and O–H groups in total. The van der Waals surface area contributed by atoms with Crippen LogP contribution in [0.3, 0.4) is 0 Å². The van der Waals surface area contributed by atoms with Gasteiger partial charge in [-0.25, -0.2) is 0 Å². The second-order valence-corrected chi connectivity index (χ2v) is 3.29. The summed E-state index contributed by atoms with van der Waals surface area (Å²) in [7, 11) is 0. The third-order valence-electron chi connectivity index (χ3n) is 2.53. The van der Waals surface area contributed by atoms with Crippen LogP contribution in [0.4, 0.5) is 0 Å². The summed E-state index contributed by atoms with van der Waals surface area (Å²) in [5.41, 5.74) is 2.16. The van der Waals surface area contributed by atoms with Crippen LogP contribution < -0.4 is 10.4 Å². The standard InChI is InChI=1S/C13H10/c1-2-7-12-10(4-1)5-3-6-11-8-9-13(11)12/h1-8H,9H2/i3D,8D. The van der Waals surface area contributed by atoms with Crippen LogP contribution >= 0.6 is 0 Å². The number of benzene rings is 1. The Balaban J connectivity index is 2.48. The molecule has 0 bridgehead atoms. The van der Waals surface area contributed by atoms with Gasteiger partial charge in [-0.3, -0.25) is 0 Å². The van der Waals surface area contributed by atoms with Crippen LogP contribution in [0.15, 0.2) is 48.0 Å². The lowest BCUT2D eigenvalue weighted by molar-refractivity contribution is 1.25. The van der Waals surface area contributed by atoms with Gasteiger partial charge in [0.1, 0.15) is 0 Å². The minimum absolute atomic E-state index is 0.483. The van der Waals surface area contributed by atoms with E-state index in [0.717, 1.165) is 17.2 Å². The Morgan fingerprint density at radius 2 is 2.15 bits per heavy atom. The van der Waals surface area contributed by atoms with Gasteiger partial charge >= 0.3 is 0 Å². The highest BCUT2D eigenvalue weighted by Crippen LogP contribution is 2.27. The van der Waals surface area contributed by atoms with Crippen molar-refractivity contribution in [2.45, 2.75) is 6.42 Å². The van der Waals surface area contributed by atoms with E-state index < -0.39 is 0 Å². The lowest BCUT2D eigenvalue weighted by Crippen LogP contribution is -2.27. The van der Waals surface area contributed by atoms with Gasteiger partial charge in [0.2, 0.25) is 0 Å². The van der Waals surface area contributed by atoms with Crippen molar-refractivity contribution in [1.29, 1.82) is 0 Å². The first-order valence-corrected chi connectivity index (χ1v) is 4.44. The maximum absolute atomic E-state index is 7.76. The molecule has 0 aromatic heterocycles. The van der Waals surface area contributed by atoms with Crippen LogP contribution in [0.1, 0.15) is 9.16 Å². The first-order valence-electron chi connectivity index (χ1n) is 5.44. The van der Waals surface area contributed by atoms with Crippen molar-refractivity contribution >= 4 is 11.6 Å². The number of hydrogen-bond acceptors (Lipinski definition) is 0. The van der Waals surface area contributed by atoms with Crippen molar-refractivity contribution in [3.05, 3.63) is 58.5 Å². The van der Waals surface area contributed by atoms with Gasteiger partial charge in [0.15, 0.2) is 0 Å². The zero-order valence-corrected chi connectivity index (χ0v) is 7.17. The van der Waals surface area contributed by atoms with Gasteiger partial charge in [-0.1, -0.05) is 48.5 Å². The molecule has 62 valence electrons. The van der Waals surface area contributed by atoms with E-state index in [4.69, 9.17) is 2.74 Å². The second kappa shape index (κ2) is 2.46. The lowest BCUT2D eigenvalue weighted by atomic mass is 9.90. The van der Waals surface area contributed by atoms with Crippen molar-refractivity contribution in [3.8, 4) is 0 Å². The Bertz CT molecular complexity index is 618. The molecule has 13 heavy (non-hydrogen) atoms. The quantitative estimate of drug-likeness (QED) is 0.551. The maximum atomic E-state index is 7.76. The van der Waals surface area contributed by atoms with E-state index >= 15 is 0 Å². The molecule has 2 aliphatic rings. The van der Waals surface area contributed by atoms with E-state index in [0.29, 0.717) is 12.1 Å². The Kier molecular flexibility index (Phi) is 0.990. The molecule has 0 saturated carbocycles. The van der Waals surface area contributed by atoms with E-state index in [1.165, 1.54) is 10.8 Å². The molecule has 0 fully saturated rings. The predicted octanol–water partition coefficient (Wildman–Crippen LogP) is 1.52. The van der Waals surface area contributed by atoms with Gasteiger partial charge in [-0.2, -0.15) is 0 Å². The Hall–Kier alpha value is -1.56. The molecule has 0 heterocycles. The molecule has 0 heteroatoms. The zero-order valence-electron chi connectivity index (χ0n) is 9.17. The summed E-state index contributed by atoms with van der Waals surface area (Å²) in [5.74, 6) is 0. The van der Waals surface area contributed by atoms with Gasteiger partial charge in [0.05, 0.1) is 2.74 Å². The molecule has 2 aliphatic carbocycles. The summed E-state index contributed by atoms with van der Waals surface area (Å²) in [6.07, 6.45) is 4.39. The average molecular weight is 168 g/mol. The first kappa shape index (κ1) is 5.23. The van der Waals surface area contributed by atoms with Gasteiger partial charge in [-0.05, 0) is 28.0 Å². The molecule has 0 amide bonds. The summed E-state index contributed by atoms with van der Waals surface area (Å²) in [6.45, 7) is 0. The molecular weight excluding hydrogens is 156 g/mol. The van der Waals surface area contributed by atoms with Gasteiger partial charge in [-0.15, -0.1) is 0 Å². The molecule has 0 nitrogen and oxygen atoms in total. The molecule has 1 aromatic carbocycles. The Morgan fingerprint density at radius 1 is 1.23 bits per heavy atom. The molecule has 0 saturated heterocycles. The largest absolute Gasteiger partial charge is 0.0725 e. The third kappa shape index (κ3) is 0.919. The van der Waals surface area contributed by atoms with Crippen LogP contribution in [0, 0.1) is 0 Å². The summed E-state index contributed by atoms with van der Waals surface area (Å²) in [4.78, 5) is 0. The highest BCUT2D eigenvalue weighted by molar-refractivity contribution is 5.78. The van der Waals surface area contributed by atoms with Crippen molar-refractivity contribution < 1.29 is 2.74 Å². The van der Waals surface area contributed by atoms with E-state index in [9.17, 15) is 0 Å². The summed E-state index contributed by atoms with van der Waals surface area (Å²) in [6, 6.07) is 9.22. The second-order valence-electron chi connectivity index (χ2n) is 3.29. The molecule has 3 rings (SSSR count). The minimum Gasteiger partial charge on any atom is -0.0725 e. The minimum atomic E-state index is 0.483. The number of fused-ring (bicyclic) bond motifs is 2. The van der Waals surface area contributed by atoms with Gasteiger partial charge in [0, 0.05) is 0 Å². The normalized spacial score (nSPS) is 21.2. The fourth-order valence-corrected chi connectivity index (χ4v) is 1.77. The summed E-state index contributed by atoms with van der Waals surface area (Å²) in [5, 5.41) is 2.28. The molecular formula is C13H10. The van der Waals surface area contributed by atoms with E-state index in [1.54, 1.807) is 6.08 Å². The molecule has 0 radical (unpaired) electrons. The smallest absolute Gasteiger partial charge is 0.0623 e. The van der Waals surface area contributed by atoms with Crippen molar-refractivity contribution in [2.24, 2.45) is 0 Å². The number of hydrogen-bond donors (Lipinski definition) is 0. The van der Waals surface area contributed by atoms with E-state index in [-0.39, 0.29) is 0 Å². The molecule has 0 spiro atoms. The van der Waals surface area contributed by atoms with Crippen molar-refractivity contribution in [3.63, 3.8) is 0 Å². The summed E-state index contributed by atoms with van der Waals surface area (Å²) < 4.78 is 15.4. The topological polar surface area (TPSA) is 0 Å². The first-order chi connectivity index (χ1) is 7.25. The monoisotopic (exact) mass is 168 g/mol. The van der Waals surface area contributed by atoms with Crippen molar-refractivity contribution in [2.75, 3.05) is 0 Å². The highest BCUT2D eigenvalue weighted by Gasteiger charge is 2.12. The van der Waals surface area contributed by atoms with E-state index in [2.05, 4.69) is 6.07 Å². The van der Waals surface area contributed by atoms with Crippen LogP contribution in [-0.4, -0.2) is 0 Å². The lowest BCUT2D eigenvalue weighted by Gasteiger charge is -2.15. The van der Waals surface area contributed by atoms with Crippen LogP contribution in [-0.2, 0) is 0 Å². The van der Waals surface area contributed by atoms with Crippen LogP contribution in [0.2, 0.25) is 0 Å². The van der Waals surface area contributed by atoms with E-state index in [1.807, 2.05) is 24.3 Å². The van der Waals surface area contributed by atoms with Gasteiger partial charge < -0.3 is 0 Å². The van der Waals surface area contributed by atoms with Crippen LogP contribution in [0.5, 0.6) is 0 Å². The number of allylic oxidation sites excluding steroid dienone is 4. The third-order valence-corrected chi connectivity index (χ3v) is 2.53. The maximum Gasteiger partial charge on any atom is 0.0623 e. The zero-order chi connectivity index (χ0) is 10.4. The Morgan fingerprint density at radius 3 is 3.08 bits per heavy atom. The highest BCUT2D eigenvalue weighted by atomic mass is 14.2. The fraction of sp³-hybridized carbons (Fsp3) is 0.0769. The van der Waals surface area contributed by atoms with Crippen LogP contribution in [0.25, 0.3) is 11.6 Å². The number of rotatable bonds is 0. The molecule has 1 aromatic rings. The predicted molar refractivity (Wildman–Crippen MR) is 55.4 cm³/mol. The average Bonchev–Trinajstić information content (AvgIpc) is 2.34. The summed E-state index contributed by atoms with van der Waals surface area (Å²) >= 11 is 0. The molecule has 0 aliphatic heterocycles. The fourth-order valence-electron chi connectivity index (χ4n) is 1.77. The van der Waals surface area contributed by atoms with Gasteiger partial charge in [0.25, 0.3) is 0 Å². The molecule has 0 unspecified atom stereocenters. The SMILES string of the molecule is [2H]C1=CC2=C([2H])CC2=c2ccccc2=C1. The Labute approximate surface area is 80.0 Å². The van der Waals surface area contributed by atoms with Crippen molar-refractivity contribution in [1.82, 2.24) is 0 Å². The molecule has 0 atom stereocenters.